The highest BCUT2D eigenvalue weighted by atomic mass is 19.1. The Bertz CT molecular complexity index is 919. The van der Waals surface area contributed by atoms with E-state index < -0.39 is 17.7 Å². The Morgan fingerprint density at radius 1 is 1.12 bits per heavy atom. The van der Waals surface area contributed by atoms with Crippen molar-refractivity contribution in [3.05, 3.63) is 77.9 Å². The molecule has 6 nitrogen and oxygen atoms in total. The minimum atomic E-state index is -0.586. The molecule has 0 aliphatic rings. The van der Waals surface area contributed by atoms with E-state index in [1.807, 2.05) is 0 Å². The maximum atomic E-state index is 13.1. The van der Waals surface area contributed by atoms with Gasteiger partial charge in [0.15, 0.2) is 5.69 Å². The third-order valence-corrected chi connectivity index (χ3v) is 3.33. The molecule has 1 aromatic heterocycles. The molecule has 0 aliphatic carbocycles. The number of aromatic nitrogens is 2. The lowest BCUT2D eigenvalue weighted by Gasteiger charge is -2.06. The van der Waals surface area contributed by atoms with Crippen molar-refractivity contribution < 1.29 is 18.7 Å². The van der Waals surface area contributed by atoms with Gasteiger partial charge in [-0.3, -0.25) is 9.48 Å². The number of nitrogens with one attached hydrogen (secondary N) is 1. The van der Waals surface area contributed by atoms with E-state index >= 15 is 0 Å². The summed E-state index contributed by atoms with van der Waals surface area (Å²) in [7, 11) is 1.70. The molecule has 126 valence electrons. The molecule has 0 saturated carbocycles. The van der Waals surface area contributed by atoms with Crippen LogP contribution in [0.25, 0.3) is 0 Å². The van der Waals surface area contributed by atoms with E-state index in [1.165, 1.54) is 47.1 Å². The standard InChI is InChI=1S/C18H14FN3O3/c1-22-10-9-16(21-22)18(24)25-15-7-5-12(6-8-15)17(23)20-14-4-2-3-13(19)11-14/h2-11H,1H3,(H,20,23). The third-order valence-electron chi connectivity index (χ3n) is 3.33. The van der Waals surface area contributed by atoms with Gasteiger partial charge in [-0.25, -0.2) is 9.18 Å². The van der Waals surface area contributed by atoms with E-state index in [9.17, 15) is 14.0 Å². The molecule has 0 aliphatic heterocycles. The van der Waals surface area contributed by atoms with Gasteiger partial charge in [-0.15, -0.1) is 0 Å². The molecule has 0 spiro atoms. The number of hydrogen-bond acceptors (Lipinski definition) is 4. The number of rotatable bonds is 4. The minimum absolute atomic E-state index is 0.190. The van der Waals surface area contributed by atoms with Crippen LogP contribution in [-0.2, 0) is 7.05 Å². The fraction of sp³-hybridized carbons (Fsp3) is 0.0556. The largest absolute Gasteiger partial charge is 0.422 e. The van der Waals surface area contributed by atoms with Crippen molar-refractivity contribution in [1.29, 1.82) is 0 Å². The Balaban J connectivity index is 1.65. The van der Waals surface area contributed by atoms with Crippen molar-refractivity contribution in [2.24, 2.45) is 7.05 Å². The van der Waals surface area contributed by atoms with E-state index in [4.69, 9.17) is 4.74 Å². The summed E-state index contributed by atoms with van der Waals surface area (Å²) in [6.45, 7) is 0. The molecule has 3 rings (SSSR count). The first-order chi connectivity index (χ1) is 12.0. The number of anilines is 1. The van der Waals surface area contributed by atoms with Crippen LogP contribution >= 0.6 is 0 Å². The smallest absolute Gasteiger partial charge is 0.364 e. The van der Waals surface area contributed by atoms with Crippen LogP contribution in [0.1, 0.15) is 20.8 Å². The number of halogens is 1. The number of amides is 1. The van der Waals surface area contributed by atoms with Crippen LogP contribution in [0.3, 0.4) is 0 Å². The van der Waals surface area contributed by atoms with Crippen molar-refractivity contribution in [2.45, 2.75) is 0 Å². The molecule has 0 bridgehead atoms. The summed E-state index contributed by atoms with van der Waals surface area (Å²) in [4.78, 5) is 24.0. The van der Waals surface area contributed by atoms with Gasteiger partial charge in [0.25, 0.3) is 5.91 Å². The van der Waals surface area contributed by atoms with Gasteiger partial charge in [0.1, 0.15) is 11.6 Å². The van der Waals surface area contributed by atoms with Gasteiger partial charge in [0, 0.05) is 24.5 Å². The van der Waals surface area contributed by atoms with E-state index in [-0.39, 0.29) is 11.4 Å². The number of aryl methyl sites for hydroxylation is 1. The zero-order chi connectivity index (χ0) is 17.8. The third kappa shape index (κ3) is 4.08. The summed E-state index contributed by atoms with van der Waals surface area (Å²) in [5, 5.41) is 6.54. The molecule has 3 aromatic rings. The second-order valence-electron chi connectivity index (χ2n) is 5.25. The van der Waals surface area contributed by atoms with Crippen LogP contribution in [-0.4, -0.2) is 21.7 Å². The number of hydrogen-bond donors (Lipinski definition) is 1. The minimum Gasteiger partial charge on any atom is -0.422 e. The average molecular weight is 339 g/mol. The number of ether oxygens (including phenoxy) is 1. The van der Waals surface area contributed by atoms with E-state index in [0.29, 0.717) is 11.3 Å². The van der Waals surface area contributed by atoms with E-state index in [2.05, 4.69) is 10.4 Å². The Labute approximate surface area is 142 Å². The molecule has 7 heteroatoms. The lowest BCUT2D eigenvalue weighted by atomic mass is 10.2. The van der Waals surface area contributed by atoms with Crippen molar-refractivity contribution in [2.75, 3.05) is 5.32 Å². The summed E-state index contributed by atoms with van der Waals surface area (Å²) in [5.74, 6) is -1.13. The second-order valence-corrected chi connectivity index (χ2v) is 5.25. The van der Waals surface area contributed by atoms with Gasteiger partial charge in [-0.05, 0) is 48.5 Å². The van der Waals surface area contributed by atoms with Crippen molar-refractivity contribution >= 4 is 17.6 Å². The van der Waals surface area contributed by atoms with Crippen LogP contribution in [0.2, 0.25) is 0 Å². The normalized spacial score (nSPS) is 10.3. The highest BCUT2D eigenvalue weighted by Gasteiger charge is 2.12. The fourth-order valence-corrected chi connectivity index (χ4v) is 2.13. The van der Waals surface area contributed by atoms with Crippen LogP contribution in [0.4, 0.5) is 10.1 Å². The summed E-state index contributed by atoms with van der Waals surface area (Å²) in [5.41, 5.74) is 0.896. The summed E-state index contributed by atoms with van der Waals surface area (Å²) < 4.78 is 19.8. The zero-order valence-electron chi connectivity index (χ0n) is 13.3. The van der Waals surface area contributed by atoms with Crippen LogP contribution in [0.15, 0.2) is 60.8 Å². The Morgan fingerprint density at radius 3 is 2.52 bits per heavy atom. The molecular formula is C18H14FN3O3. The van der Waals surface area contributed by atoms with Crippen LogP contribution < -0.4 is 10.1 Å². The van der Waals surface area contributed by atoms with Crippen molar-refractivity contribution in [3.63, 3.8) is 0 Å². The number of nitrogens with zero attached hydrogens (tertiary/aromatic N) is 2. The van der Waals surface area contributed by atoms with Gasteiger partial charge >= 0.3 is 5.97 Å². The molecule has 1 heterocycles. The van der Waals surface area contributed by atoms with E-state index in [0.717, 1.165) is 0 Å². The molecule has 0 unspecified atom stereocenters. The van der Waals surface area contributed by atoms with Gasteiger partial charge in [-0.2, -0.15) is 5.10 Å². The topological polar surface area (TPSA) is 73.2 Å². The predicted octanol–water partition coefficient (Wildman–Crippen LogP) is 3.03. The molecule has 0 radical (unpaired) electrons. The highest BCUT2D eigenvalue weighted by molar-refractivity contribution is 6.04. The molecule has 0 saturated heterocycles. The zero-order valence-corrected chi connectivity index (χ0v) is 13.3. The Kier molecular flexibility index (Phi) is 4.56. The van der Waals surface area contributed by atoms with Crippen molar-refractivity contribution in [3.8, 4) is 5.75 Å². The summed E-state index contributed by atoms with van der Waals surface area (Å²) in [6.07, 6.45) is 1.64. The molecule has 25 heavy (non-hydrogen) atoms. The Morgan fingerprint density at radius 2 is 1.88 bits per heavy atom. The lowest BCUT2D eigenvalue weighted by molar-refractivity contribution is 0.0727. The lowest BCUT2D eigenvalue weighted by Crippen LogP contribution is -2.12. The maximum absolute atomic E-state index is 13.1. The quantitative estimate of drug-likeness (QED) is 0.586. The number of esters is 1. The van der Waals surface area contributed by atoms with Gasteiger partial charge in [0.2, 0.25) is 0 Å². The van der Waals surface area contributed by atoms with E-state index in [1.54, 1.807) is 25.4 Å². The summed E-state index contributed by atoms with van der Waals surface area (Å²) >= 11 is 0. The molecule has 0 fully saturated rings. The first kappa shape index (κ1) is 16.4. The van der Waals surface area contributed by atoms with Crippen LogP contribution in [0.5, 0.6) is 5.75 Å². The monoisotopic (exact) mass is 339 g/mol. The number of carbonyl (C=O) groups excluding carboxylic acids is 2. The Hall–Kier alpha value is -3.48. The van der Waals surface area contributed by atoms with Gasteiger partial charge in [0.05, 0.1) is 0 Å². The molecule has 1 amide bonds. The number of benzene rings is 2. The van der Waals surface area contributed by atoms with Gasteiger partial charge in [-0.1, -0.05) is 6.07 Å². The first-order valence-electron chi connectivity index (χ1n) is 7.40. The van der Waals surface area contributed by atoms with Crippen LogP contribution in [0, 0.1) is 5.82 Å². The fourth-order valence-electron chi connectivity index (χ4n) is 2.13. The maximum Gasteiger partial charge on any atom is 0.364 e. The highest BCUT2D eigenvalue weighted by Crippen LogP contribution is 2.16. The second kappa shape index (κ2) is 6.96. The molecule has 0 atom stereocenters. The average Bonchev–Trinajstić information content (AvgIpc) is 3.02. The SMILES string of the molecule is Cn1ccc(C(=O)Oc2ccc(C(=O)Nc3cccc(F)c3)cc2)n1. The first-order valence-corrected chi connectivity index (χ1v) is 7.40. The molecular weight excluding hydrogens is 325 g/mol. The summed E-state index contributed by atoms with van der Waals surface area (Å²) in [6, 6.07) is 13.2. The van der Waals surface area contributed by atoms with Crippen molar-refractivity contribution in [1.82, 2.24) is 9.78 Å². The molecule has 2 aromatic carbocycles. The molecule has 1 N–H and O–H groups in total. The van der Waals surface area contributed by atoms with Gasteiger partial charge < -0.3 is 10.1 Å². The predicted molar refractivity (Wildman–Crippen MR) is 89.0 cm³/mol. The number of carbonyl (C=O) groups is 2.